The van der Waals surface area contributed by atoms with Crippen LogP contribution in [0.3, 0.4) is 0 Å². The van der Waals surface area contributed by atoms with Crippen LogP contribution < -0.4 is 0 Å². The first-order valence-corrected chi connectivity index (χ1v) is 5.89. The van der Waals surface area contributed by atoms with E-state index in [4.69, 9.17) is 10.2 Å². The second-order valence-corrected chi connectivity index (χ2v) is 1.85. The fourth-order valence-electron chi connectivity index (χ4n) is 0. The summed E-state index contributed by atoms with van der Waals surface area (Å²) in [6.45, 7) is 0. The van der Waals surface area contributed by atoms with Gasteiger partial charge in [-0.25, -0.2) is 0 Å². The van der Waals surface area contributed by atoms with Crippen molar-refractivity contribution in [2.24, 2.45) is 0 Å². The molecule has 0 aromatic rings. The van der Waals surface area contributed by atoms with Crippen molar-refractivity contribution in [3.05, 3.63) is 0 Å². The number of hydrogen-bond acceptors (Lipinski definition) is 3. The first-order valence-electron chi connectivity index (χ1n) is 0.881. The molecule has 0 fully saturated rings. The van der Waals surface area contributed by atoms with Gasteiger partial charge in [0.15, 0.2) is 0 Å². The van der Waals surface area contributed by atoms with Crippen molar-refractivity contribution in [3.63, 3.8) is 0 Å². The van der Waals surface area contributed by atoms with Crippen LogP contribution in [0.15, 0.2) is 0 Å². The molecule has 0 rings (SSSR count). The van der Waals surface area contributed by atoms with Gasteiger partial charge >= 0.3 is 63.7 Å². The molecule has 0 aliphatic heterocycles. The minimum absolute atomic E-state index is 0.0556. The zero-order chi connectivity index (χ0) is 5.41. The van der Waals surface area contributed by atoms with Crippen LogP contribution in [-0.4, -0.2) is 53.5 Å². The van der Waals surface area contributed by atoms with Crippen molar-refractivity contribution in [2.45, 2.75) is 0 Å². The fraction of sp³-hybridized carbons (Fsp3) is 0. The standard InChI is InChI=1S/BO.Bi.2O.Pb/c1-2;;;;/q+1;-1;;;. The summed E-state index contributed by atoms with van der Waals surface area (Å²) in [5.74, 6) is 0. The third kappa shape index (κ3) is 18.6. The predicted molar refractivity (Wildman–Crippen MR) is 19.3 cm³/mol. The molecule has 0 spiro atoms. The molecule has 2 radical (unpaired) electrons. The zero-order valence-corrected chi connectivity index (χ0v) is 10.1. The Morgan fingerprint density at radius 1 is 1.50 bits per heavy atom. The van der Waals surface area contributed by atoms with Gasteiger partial charge in [-0.2, -0.15) is 0 Å². The van der Waals surface area contributed by atoms with Gasteiger partial charge in [-0.15, -0.1) is 0 Å². The third-order valence-electron chi connectivity index (χ3n) is 0.0430. The van der Waals surface area contributed by atoms with Crippen molar-refractivity contribution in [1.29, 1.82) is 0 Å². The number of rotatable bonds is 1. The number of hydrogen-bond donors (Lipinski definition) is 0. The molecular weight excluding hydrogens is 475 g/mol. The average molecular weight is 475 g/mol. The molecule has 0 aromatic heterocycles. The predicted octanol–water partition coefficient (Wildman–Crippen LogP) is -1.50. The van der Waals surface area contributed by atoms with Crippen molar-refractivity contribution in [2.75, 3.05) is 0 Å². The Bertz CT molecular complexity index is 40.1. The van der Waals surface area contributed by atoms with Crippen molar-refractivity contribution >= 4 is 53.5 Å². The Hall–Kier alpha value is 1.27. The van der Waals surface area contributed by atoms with Crippen LogP contribution in [0.25, 0.3) is 0 Å². The summed E-state index contributed by atoms with van der Waals surface area (Å²) in [6.07, 6.45) is 0. The summed E-state index contributed by atoms with van der Waals surface area (Å²) in [6, 6.07) is 0. The first kappa shape index (κ1) is 10.3. The maximum atomic E-state index is 9.11. The average Bonchev–Trinajstić information content (AvgIpc) is 1.72. The molecule has 0 heterocycles. The molecule has 6 heteroatoms. The van der Waals surface area contributed by atoms with Crippen LogP contribution in [0.1, 0.15) is 0 Å². The van der Waals surface area contributed by atoms with Gasteiger partial charge < -0.3 is 0 Å². The monoisotopic (exact) mass is 476 g/mol. The van der Waals surface area contributed by atoms with E-state index in [1.165, 1.54) is 0 Å². The second-order valence-electron chi connectivity index (χ2n) is 0.211. The molecule has 0 bridgehead atoms. The van der Waals surface area contributed by atoms with Crippen LogP contribution in [0, 0.1) is 0 Å². The normalized spacial score (nSPS) is 3.33. The van der Waals surface area contributed by atoms with Crippen LogP contribution >= 0.6 is 0 Å². The van der Waals surface area contributed by atoms with Crippen LogP contribution in [-0.2, 0) is 10.2 Å². The van der Waals surface area contributed by atoms with Crippen molar-refractivity contribution in [1.82, 2.24) is 0 Å². The summed E-state index contributed by atoms with van der Waals surface area (Å²) < 4.78 is 26.9. The summed E-state index contributed by atoms with van der Waals surface area (Å²) in [5, 5.41) is 0. The Morgan fingerprint density at radius 2 is 1.67 bits per heavy atom. The van der Waals surface area contributed by atoms with Gasteiger partial charge in [0, 0.05) is 0 Å². The van der Waals surface area contributed by atoms with Crippen molar-refractivity contribution in [3.8, 4) is 0 Å². The van der Waals surface area contributed by atoms with Gasteiger partial charge in [-0.1, -0.05) is 0 Å². The van der Waals surface area contributed by atoms with Gasteiger partial charge in [0.2, 0.25) is 0 Å². The quantitative estimate of drug-likeness (QED) is 0.435. The molecule has 0 saturated carbocycles. The van der Waals surface area contributed by atoms with Crippen molar-refractivity contribution < 1.29 is 10.2 Å². The molecular formula is BBiO3Pb. The van der Waals surface area contributed by atoms with Crippen LogP contribution in [0.2, 0.25) is 0 Å². The summed E-state index contributed by atoms with van der Waals surface area (Å²) >= 11 is -1.72. The summed E-state index contributed by atoms with van der Waals surface area (Å²) in [7, 11) is 0. The SMILES string of the molecule is O=[B][Bi]=[O].[O]=[Pb]. The van der Waals surface area contributed by atoms with Crippen LogP contribution in [0.5, 0.6) is 0 Å². The molecule has 0 aliphatic carbocycles. The van der Waals surface area contributed by atoms with Gasteiger partial charge in [-0.3, -0.25) is 0 Å². The molecule has 6 heavy (non-hydrogen) atoms. The molecule has 0 unspecified atom stereocenters. The van der Waals surface area contributed by atoms with E-state index < -0.39 is 23.0 Å². The van der Waals surface area contributed by atoms with E-state index >= 15 is 0 Å². The molecule has 0 aliphatic rings. The maximum absolute atomic E-state index is 9.11. The van der Waals surface area contributed by atoms with E-state index in [0.717, 1.165) is 0 Å². The van der Waals surface area contributed by atoms with Gasteiger partial charge in [0.05, 0.1) is 0 Å². The Morgan fingerprint density at radius 3 is 1.67 bits per heavy atom. The van der Waals surface area contributed by atoms with E-state index in [0.29, 0.717) is 4.69 Å². The molecule has 0 aromatic carbocycles. The topological polar surface area (TPSA) is 51.2 Å². The molecule has 30 valence electrons. The van der Waals surface area contributed by atoms with E-state index in [1.807, 2.05) is 0 Å². The Kier molecular flexibility index (Phi) is 27.9. The van der Waals surface area contributed by atoms with Gasteiger partial charge in [0.25, 0.3) is 0 Å². The van der Waals surface area contributed by atoms with E-state index in [1.54, 1.807) is 0 Å². The third-order valence-corrected chi connectivity index (χ3v) is 0.378. The van der Waals surface area contributed by atoms with Crippen LogP contribution in [0.4, 0.5) is 0 Å². The van der Waals surface area contributed by atoms with Gasteiger partial charge in [-0.05, 0) is 0 Å². The molecule has 0 N–H and O–H groups in total. The molecule has 0 atom stereocenters. The Labute approximate surface area is 63.0 Å². The minimum atomic E-state index is -1.77. The molecule has 0 saturated heterocycles. The second kappa shape index (κ2) is 16.3. The summed E-state index contributed by atoms with van der Waals surface area (Å²) in [5.41, 5.74) is 0. The first-order chi connectivity index (χ1) is 2.91. The molecule has 0 amide bonds. The summed E-state index contributed by atoms with van der Waals surface area (Å²) in [4.78, 5) is 0. The van der Waals surface area contributed by atoms with E-state index in [9.17, 15) is 0 Å². The van der Waals surface area contributed by atoms with E-state index in [-0.39, 0.29) is 25.8 Å². The molecule has 3 nitrogen and oxygen atoms in total. The zero-order valence-electron chi connectivity index (χ0n) is 2.75. The Balaban J connectivity index is 0. The van der Waals surface area contributed by atoms with Gasteiger partial charge in [0.1, 0.15) is 0 Å². The fourth-order valence-corrected chi connectivity index (χ4v) is 0. The van der Waals surface area contributed by atoms with E-state index in [2.05, 4.69) is 0 Å².